The van der Waals surface area contributed by atoms with Crippen molar-refractivity contribution in [3.63, 3.8) is 0 Å². The van der Waals surface area contributed by atoms with E-state index >= 15 is 0 Å². The Kier molecular flexibility index (Phi) is 4.25. The minimum absolute atomic E-state index is 0.408. The first-order valence-electron chi connectivity index (χ1n) is 9.55. The third-order valence-electron chi connectivity index (χ3n) is 5.80. The Morgan fingerprint density at radius 2 is 1.81 bits per heavy atom. The van der Waals surface area contributed by atoms with Crippen LogP contribution in [-0.4, -0.2) is 24.3 Å². The monoisotopic (exact) mass is 383 g/mol. The van der Waals surface area contributed by atoms with Gasteiger partial charge in [-0.2, -0.15) is 0 Å². The molecule has 7 heteroatoms. The molecule has 2 aliphatic rings. The van der Waals surface area contributed by atoms with E-state index in [1.165, 1.54) is 5.56 Å². The molecule has 0 unspecified atom stereocenters. The predicted octanol–water partition coefficient (Wildman–Crippen LogP) is 4.47. The van der Waals surface area contributed by atoms with Crippen LogP contribution in [0.5, 0.6) is 0 Å². The molecule has 0 atom stereocenters. The highest BCUT2D eigenvalue weighted by atomic mass is 35.5. The summed E-state index contributed by atoms with van der Waals surface area (Å²) in [6.45, 7) is 3.25. The molecule has 5 rings (SSSR count). The summed E-state index contributed by atoms with van der Waals surface area (Å²) in [5.74, 6) is 3.76. The summed E-state index contributed by atoms with van der Waals surface area (Å²) in [5, 5.41) is 13.3. The maximum Gasteiger partial charge on any atom is 0.153 e. The Balaban J connectivity index is 1.44. The van der Waals surface area contributed by atoms with Crippen molar-refractivity contribution in [1.82, 2.24) is 24.3 Å². The van der Waals surface area contributed by atoms with Gasteiger partial charge in [-0.3, -0.25) is 4.57 Å². The van der Waals surface area contributed by atoms with Crippen LogP contribution in [0.15, 0.2) is 34.9 Å². The molecule has 1 aliphatic carbocycles. The highest BCUT2D eigenvalue weighted by molar-refractivity contribution is 6.13. The van der Waals surface area contributed by atoms with Gasteiger partial charge >= 0.3 is 0 Å². The van der Waals surface area contributed by atoms with Crippen LogP contribution in [0.2, 0.25) is 0 Å². The van der Waals surface area contributed by atoms with E-state index in [1.54, 1.807) is 4.42 Å². The number of hydrogen-bond acceptors (Lipinski definition) is 5. The van der Waals surface area contributed by atoms with Gasteiger partial charge in [0.25, 0.3) is 0 Å². The normalized spacial score (nSPS) is 22.9. The van der Waals surface area contributed by atoms with Crippen LogP contribution in [0, 0.1) is 6.92 Å². The molecule has 1 aliphatic heterocycles. The molecule has 3 heterocycles. The van der Waals surface area contributed by atoms with Crippen molar-refractivity contribution in [3.8, 4) is 5.69 Å². The third kappa shape index (κ3) is 3.07. The van der Waals surface area contributed by atoms with Gasteiger partial charge in [-0.15, -0.1) is 10.2 Å². The van der Waals surface area contributed by atoms with Gasteiger partial charge in [-0.25, -0.2) is 4.42 Å². The average molecular weight is 384 g/mol. The zero-order valence-corrected chi connectivity index (χ0v) is 16.1. The molecule has 0 N–H and O–H groups in total. The second-order valence-corrected chi connectivity index (χ2v) is 8.11. The highest BCUT2D eigenvalue weighted by Crippen LogP contribution is 2.41. The lowest BCUT2D eigenvalue weighted by Gasteiger charge is -2.27. The zero-order chi connectivity index (χ0) is 18.4. The molecule has 0 radical (unpaired) electrons. The minimum atomic E-state index is 0.408. The summed E-state index contributed by atoms with van der Waals surface area (Å²) in [6.07, 6.45) is 4.37. The molecular weight excluding hydrogens is 362 g/mol. The second-order valence-electron chi connectivity index (χ2n) is 7.63. The fourth-order valence-electron chi connectivity index (χ4n) is 4.44. The number of aryl methyl sites for hydroxylation is 1. The molecule has 0 saturated heterocycles. The van der Waals surface area contributed by atoms with Gasteiger partial charge in [-0.1, -0.05) is 23.4 Å². The van der Waals surface area contributed by atoms with Crippen LogP contribution >= 0.6 is 11.8 Å². The number of hydrogen-bond donors (Lipinski definition) is 0. The van der Waals surface area contributed by atoms with Gasteiger partial charge in [0.2, 0.25) is 0 Å². The summed E-state index contributed by atoms with van der Waals surface area (Å²) in [5.41, 5.74) is 3.46. The van der Waals surface area contributed by atoms with Gasteiger partial charge < -0.3 is 4.52 Å². The number of aromatic nitrogens is 4. The summed E-state index contributed by atoms with van der Waals surface area (Å²) < 4.78 is 9.28. The summed E-state index contributed by atoms with van der Waals surface area (Å²) in [6, 6.07) is 10.5. The third-order valence-corrected chi connectivity index (χ3v) is 6.04. The molecule has 1 fully saturated rings. The van der Waals surface area contributed by atoms with Gasteiger partial charge in [0.15, 0.2) is 5.82 Å². The number of halogens is 1. The maximum atomic E-state index is 6.40. The Morgan fingerprint density at radius 3 is 2.59 bits per heavy atom. The molecule has 3 aromatic rings. The van der Waals surface area contributed by atoms with Crippen molar-refractivity contribution in [2.45, 2.75) is 57.5 Å². The fraction of sp³-hybridized carbons (Fsp3) is 0.450. The Hall–Kier alpha value is -2.18. The maximum absolute atomic E-state index is 6.40. The minimum Gasteiger partial charge on any atom is -0.361 e. The molecule has 0 spiro atoms. The van der Waals surface area contributed by atoms with Crippen LogP contribution in [0.4, 0.5) is 0 Å². The molecule has 140 valence electrons. The highest BCUT2D eigenvalue weighted by Gasteiger charge is 2.31. The number of rotatable bonds is 2. The van der Waals surface area contributed by atoms with Crippen molar-refractivity contribution in [2.24, 2.45) is 0 Å². The van der Waals surface area contributed by atoms with E-state index in [9.17, 15) is 0 Å². The summed E-state index contributed by atoms with van der Waals surface area (Å²) in [7, 11) is 0. The SMILES string of the molecule is Cc1cc(C2CCC(c3nnc4n3-c3ccccc3CN(Cl)C4)CC2)no1. The molecule has 0 amide bonds. The molecule has 1 aromatic carbocycles. The lowest BCUT2D eigenvalue weighted by atomic mass is 9.80. The molecular formula is C20H22ClN5O. The van der Waals surface area contributed by atoms with Crippen LogP contribution in [0.25, 0.3) is 5.69 Å². The van der Waals surface area contributed by atoms with Gasteiger partial charge in [0.05, 0.1) is 17.9 Å². The van der Waals surface area contributed by atoms with E-state index < -0.39 is 0 Å². The number of fused-ring (bicyclic) bond motifs is 3. The smallest absolute Gasteiger partial charge is 0.153 e. The number of para-hydroxylation sites is 1. The topological polar surface area (TPSA) is 60.0 Å². The standard InChI is InChI=1S/C20H22ClN5O/c1-13-10-17(24-27-13)14-6-8-15(9-7-14)20-23-22-19-12-25(21)11-16-4-2-3-5-18(16)26(19)20/h2-5,10,14-15H,6-9,11-12H2,1H3. The predicted molar refractivity (Wildman–Crippen MR) is 102 cm³/mol. The van der Waals surface area contributed by atoms with Crippen LogP contribution < -0.4 is 0 Å². The van der Waals surface area contributed by atoms with Crippen molar-refractivity contribution in [2.75, 3.05) is 0 Å². The molecule has 27 heavy (non-hydrogen) atoms. The number of benzene rings is 1. The fourth-order valence-corrected chi connectivity index (χ4v) is 4.68. The average Bonchev–Trinajstić information content (AvgIpc) is 3.25. The van der Waals surface area contributed by atoms with E-state index in [-0.39, 0.29) is 0 Å². The molecule has 0 bridgehead atoms. The Labute approximate surface area is 163 Å². The van der Waals surface area contributed by atoms with E-state index in [0.29, 0.717) is 24.9 Å². The summed E-state index contributed by atoms with van der Waals surface area (Å²) in [4.78, 5) is 0. The first-order chi connectivity index (χ1) is 13.2. The summed E-state index contributed by atoms with van der Waals surface area (Å²) >= 11 is 6.40. The van der Waals surface area contributed by atoms with Crippen molar-refractivity contribution < 1.29 is 4.52 Å². The van der Waals surface area contributed by atoms with E-state index in [1.807, 2.05) is 6.92 Å². The van der Waals surface area contributed by atoms with Crippen LogP contribution in [0.3, 0.4) is 0 Å². The molecule has 2 aromatic heterocycles. The Bertz CT molecular complexity index is 957. The van der Waals surface area contributed by atoms with Gasteiger partial charge in [0, 0.05) is 24.4 Å². The zero-order valence-electron chi connectivity index (χ0n) is 15.3. The molecule has 1 saturated carbocycles. The van der Waals surface area contributed by atoms with Crippen molar-refractivity contribution in [1.29, 1.82) is 0 Å². The number of nitrogens with zero attached hydrogens (tertiary/aromatic N) is 5. The molecule has 6 nitrogen and oxygen atoms in total. The van der Waals surface area contributed by atoms with Crippen LogP contribution in [-0.2, 0) is 13.1 Å². The van der Waals surface area contributed by atoms with Gasteiger partial charge in [0.1, 0.15) is 11.6 Å². The second kappa shape index (κ2) is 6.77. The van der Waals surface area contributed by atoms with Crippen molar-refractivity contribution >= 4 is 11.8 Å². The first-order valence-corrected chi connectivity index (χ1v) is 9.89. The first kappa shape index (κ1) is 17.0. The lowest BCUT2D eigenvalue weighted by Crippen LogP contribution is -2.17. The quantitative estimate of drug-likeness (QED) is 0.611. The van der Waals surface area contributed by atoms with E-state index in [0.717, 1.165) is 54.5 Å². The van der Waals surface area contributed by atoms with Gasteiger partial charge in [-0.05, 0) is 56.0 Å². The lowest BCUT2D eigenvalue weighted by molar-refractivity contribution is 0.347. The Morgan fingerprint density at radius 1 is 1.04 bits per heavy atom. The van der Waals surface area contributed by atoms with E-state index in [2.05, 4.69) is 50.3 Å². The van der Waals surface area contributed by atoms with Crippen LogP contribution in [0.1, 0.15) is 66.2 Å². The van der Waals surface area contributed by atoms with Crippen molar-refractivity contribution in [3.05, 3.63) is 59.0 Å². The van der Waals surface area contributed by atoms with E-state index in [4.69, 9.17) is 16.3 Å². The largest absolute Gasteiger partial charge is 0.361 e.